The Morgan fingerprint density at radius 3 is 2.38 bits per heavy atom. The van der Waals surface area contributed by atoms with E-state index in [2.05, 4.69) is 85.0 Å². The molecular formula is C48H64N12O3. The highest BCUT2D eigenvalue weighted by atomic mass is 16.2. The molecule has 63 heavy (non-hydrogen) atoms. The van der Waals surface area contributed by atoms with Crippen LogP contribution in [0.4, 0.5) is 17.3 Å². The zero-order chi connectivity index (χ0) is 43.7. The van der Waals surface area contributed by atoms with Crippen LogP contribution in [0.1, 0.15) is 100 Å². The number of hydrogen-bond donors (Lipinski definition) is 2. The molecule has 5 heterocycles. The van der Waals surface area contributed by atoms with Gasteiger partial charge in [0.1, 0.15) is 11.7 Å². The van der Waals surface area contributed by atoms with Crippen molar-refractivity contribution in [2.75, 3.05) is 61.9 Å². The Morgan fingerprint density at radius 2 is 1.63 bits per heavy atom. The van der Waals surface area contributed by atoms with E-state index >= 15 is 0 Å². The molecule has 2 aliphatic heterocycles. The number of carbonyl (C=O) groups excluding carboxylic acids is 3. The summed E-state index contributed by atoms with van der Waals surface area (Å²) in [5.74, 6) is 0.166. The molecule has 0 bridgehead atoms. The molecule has 1 aliphatic carbocycles. The highest BCUT2D eigenvalue weighted by Crippen LogP contribution is 2.37. The van der Waals surface area contributed by atoms with Crippen LogP contribution in [0, 0.1) is 0 Å². The number of carbonyl (C=O) groups is 3. The van der Waals surface area contributed by atoms with E-state index < -0.39 is 6.04 Å². The topological polar surface area (TPSA) is 150 Å². The molecule has 3 aromatic heterocycles. The summed E-state index contributed by atoms with van der Waals surface area (Å²) in [6.45, 7) is 9.63. The van der Waals surface area contributed by atoms with Crippen LogP contribution in [-0.2, 0) is 40.4 Å². The van der Waals surface area contributed by atoms with E-state index in [1.807, 2.05) is 35.0 Å². The van der Waals surface area contributed by atoms with Gasteiger partial charge in [-0.05, 0) is 73.8 Å². The smallest absolute Gasteiger partial charge is 0.249 e. The number of nitrogens with zero attached hydrogens (tertiary/aromatic N) is 10. The van der Waals surface area contributed by atoms with Crippen molar-refractivity contribution < 1.29 is 14.4 Å². The van der Waals surface area contributed by atoms with Crippen LogP contribution in [0.15, 0.2) is 61.1 Å². The van der Waals surface area contributed by atoms with Crippen molar-refractivity contribution in [3.8, 4) is 11.1 Å². The number of unbranched alkanes of at least 4 members (excludes halogenated alkanes) is 2. The minimum atomic E-state index is -0.465. The van der Waals surface area contributed by atoms with Gasteiger partial charge in [0.2, 0.25) is 24.2 Å². The van der Waals surface area contributed by atoms with E-state index in [9.17, 15) is 14.4 Å². The average molecular weight is 857 g/mol. The Kier molecular flexibility index (Phi) is 14.4. The van der Waals surface area contributed by atoms with Gasteiger partial charge in [-0.3, -0.25) is 34.2 Å². The lowest BCUT2D eigenvalue weighted by molar-refractivity contribution is -0.134. The highest BCUT2D eigenvalue weighted by Gasteiger charge is 2.31. The number of aryl methyl sites for hydroxylation is 2. The van der Waals surface area contributed by atoms with E-state index in [1.54, 1.807) is 11.9 Å². The number of piperidine rings is 1. The van der Waals surface area contributed by atoms with Gasteiger partial charge >= 0.3 is 0 Å². The molecule has 3 fully saturated rings. The van der Waals surface area contributed by atoms with Gasteiger partial charge in [0, 0.05) is 108 Å². The van der Waals surface area contributed by atoms with Crippen molar-refractivity contribution >= 4 is 46.6 Å². The van der Waals surface area contributed by atoms with Gasteiger partial charge in [-0.25, -0.2) is 4.98 Å². The first kappa shape index (κ1) is 44.0. The number of likely N-dealkylation sites (N-methyl/N-ethyl adjacent to an activating group) is 1. The van der Waals surface area contributed by atoms with Gasteiger partial charge in [0.05, 0.1) is 17.1 Å². The number of nitrogens with one attached hydrogen (secondary N) is 2. The Labute approximate surface area is 371 Å². The molecule has 3 amide bonds. The molecule has 3 aliphatic rings. The number of fused-ring (bicyclic) bond motifs is 1. The van der Waals surface area contributed by atoms with E-state index in [0.29, 0.717) is 24.8 Å². The summed E-state index contributed by atoms with van der Waals surface area (Å²) in [5.41, 5.74) is 8.47. The minimum Gasteiger partial charge on any atom is -0.361 e. The Hall–Kier alpha value is -5.67. The zero-order valence-corrected chi connectivity index (χ0v) is 37.3. The molecule has 5 aromatic rings. The lowest BCUT2D eigenvalue weighted by atomic mass is 9.95. The molecule has 2 saturated heterocycles. The largest absolute Gasteiger partial charge is 0.361 e. The van der Waals surface area contributed by atoms with E-state index in [0.717, 1.165) is 125 Å². The summed E-state index contributed by atoms with van der Waals surface area (Å²) in [6, 6.07) is 15.2. The zero-order valence-electron chi connectivity index (χ0n) is 37.3. The fourth-order valence-corrected chi connectivity index (χ4v) is 9.48. The number of hydrogen-bond acceptors (Lipinski definition) is 11. The standard InChI is InChI=1S/C48H64N12O3/c1-4-22-49-48-50-29-40-41(33-60(46(40)52-48)39-12-8-5-9-13-39)37-17-14-36(15-18-37)30-57-24-26-58(27-25-57)31-38-32-59(54-53-38)23-10-6-7-11-35-16-19-42(44(28-35)55(2)34-61)56(3)43-20-21-45(62)51-47(43)63/h14-19,28-29,32-34,39,43H,4-13,20-27,30-31H2,1-3H3,(H,49,50,52)(H,51,62,63). The maximum atomic E-state index is 12.5. The predicted octanol–water partition coefficient (Wildman–Crippen LogP) is 6.58. The third kappa shape index (κ3) is 10.8. The summed E-state index contributed by atoms with van der Waals surface area (Å²) in [7, 11) is 3.56. The molecule has 334 valence electrons. The van der Waals surface area contributed by atoms with Crippen LogP contribution >= 0.6 is 0 Å². The van der Waals surface area contributed by atoms with Crippen molar-refractivity contribution in [3.05, 3.63) is 77.9 Å². The number of piperazine rings is 1. The van der Waals surface area contributed by atoms with Crippen molar-refractivity contribution in [2.24, 2.45) is 0 Å². The van der Waals surface area contributed by atoms with Crippen LogP contribution in [0.25, 0.3) is 22.2 Å². The van der Waals surface area contributed by atoms with E-state index in [-0.39, 0.29) is 11.8 Å². The minimum absolute atomic E-state index is 0.245. The van der Waals surface area contributed by atoms with Crippen molar-refractivity contribution in [1.82, 2.24) is 44.6 Å². The van der Waals surface area contributed by atoms with Crippen LogP contribution in [0.2, 0.25) is 0 Å². The number of rotatable bonds is 19. The average Bonchev–Trinajstić information content (AvgIpc) is 3.93. The van der Waals surface area contributed by atoms with Crippen LogP contribution in [0.5, 0.6) is 0 Å². The normalized spacial score (nSPS) is 17.9. The molecule has 0 radical (unpaired) electrons. The maximum Gasteiger partial charge on any atom is 0.249 e. The molecule has 1 atom stereocenters. The van der Waals surface area contributed by atoms with Crippen LogP contribution in [-0.4, -0.2) is 110 Å². The second kappa shape index (κ2) is 20.7. The van der Waals surface area contributed by atoms with Crippen molar-refractivity contribution in [3.63, 3.8) is 0 Å². The van der Waals surface area contributed by atoms with Gasteiger partial charge in [-0.1, -0.05) is 68.2 Å². The number of benzene rings is 2. The fourth-order valence-electron chi connectivity index (χ4n) is 9.48. The molecule has 8 rings (SSSR count). The van der Waals surface area contributed by atoms with Gasteiger partial charge < -0.3 is 19.7 Å². The molecule has 2 N–H and O–H groups in total. The molecule has 0 spiro atoms. The van der Waals surface area contributed by atoms with Crippen molar-refractivity contribution in [1.29, 1.82) is 0 Å². The van der Waals surface area contributed by atoms with E-state index in [1.165, 1.54) is 48.8 Å². The first-order valence-corrected chi connectivity index (χ1v) is 23.2. The second-order valence-electron chi connectivity index (χ2n) is 17.7. The number of imide groups is 1. The summed E-state index contributed by atoms with van der Waals surface area (Å²) in [6.07, 6.45) is 19.2. The Morgan fingerprint density at radius 1 is 0.873 bits per heavy atom. The lowest BCUT2D eigenvalue weighted by Crippen LogP contribution is -2.51. The lowest BCUT2D eigenvalue weighted by Gasteiger charge is -2.34. The number of anilines is 3. The van der Waals surface area contributed by atoms with Crippen molar-refractivity contribution in [2.45, 2.75) is 116 Å². The molecule has 15 nitrogen and oxygen atoms in total. The third-order valence-electron chi connectivity index (χ3n) is 13.2. The van der Waals surface area contributed by atoms with Gasteiger partial charge in [-0.2, -0.15) is 4.98 Å². The fraction of sp³-hybridized carbons (Fsp3) is 0.521. The van der Waals surface area contributed by atoms with E-state index in [4.69, 9.17) is 9.97 Å². The SMILES string of the molecule is CCCNc1ncc2c(-c3ccc(CN4CCN(Cc5cn(CCCCCc6ccc(N(C)C7CCC(=O)NC7=O)c(N(C)C=O)c6)nn5)CC4)cc3)cn(C3CCCCC3)c2n1. The summed E-state index contributed by atoms with van der Waals surface area (Å²) >= 11 is 0. The summed E-state index contributed by atoms with van der Waals surface area (Å²) in [4.78, 5) is 54.1. The first-order chi connectivity index (χ1) is 30.8. The third-order valence-corrected chi connectivity index (χ3v) is 13.2. The highest BCUT2D eigenvalue weighted by molar-refractivity contribution is 6.02. The maximum absolute atomic E-state index is 12.5. The Balaban J connectivity index is 0.775. The molecule has 2 aromatic carbocycles. The van der Waals surface area contributed by atoms with Crippen LogP contribution in [0.3, 0.4) is 0 Å². The monoisotopic (exact) mass is 857 g/mol. The summed E-state index contributed by atoms with van der Waals surface area (Å²) in [5, 5.41) is 15.9. The number of amides is 3. The van der Waals surface area contributed by atoms with Gasteiger partial charge in [0.25, 0.3) is 0 Å². The van der Waals surface area contributed by atoms with Crippen LogP contribution < -0.4 is 20.4 Å². The predicted molar refractivity (Wildman–Crippen MR) is 247 cm³/mol. The molecule has 15 heteroatoms. The first-order valence-electron chi connectivity index (χ1n) is 23.2. The second-order valence-corrected chi connectivity index (χ2v) is 17.7. The Bertz CT molecular complexity index is 2330. The summed E-state index contributed by atoms with van der Waals surface area (Å²) < 4.78 is 4.40. The molecular weight excluding hydrogens is 793 g/mol. The number of aromatic nitrogens is 6. The molecule has 1 saturated carbocycles. The van der Waals surface area contributed by atoms with Gasteiger partial charge in [-0.15, -0.1) is 5.10 Å². The van der Waals surface area contributed by atoms with Gasteiger partial charge in [0.15, 0.2) is 0 Å². The quantitative estimate of drug-likeness (QED) is 0.0527. The molecule has 1 unspecified atom stereocenters.